The Morgan fingerprint density at radius 3 is 2.68 bits per heavy atom. The van der Waals surface area contributed by atoms with Crippen molar-refractivity contribution < 1.29 is 4.79 Å². The molecule has 1 amide bonds. The molecule has 0 fully saturated rings. The van der Waals surface area contributed by atoms with Gasteiger partial charge in [0.05, 0.1) is 6.42 Å². The van der Waals surface area contributed by atoms with Gasteiger partial charge in [-0.3, -0.25) is 4.79 Å². The molecule has 2 aromatic heterocycles. The van der Waals surface area contributed by atoms with Crippen molar-refractivity contribution in [3.05, 3.63) is 35.6 Å². The van der Waals surface area contributed by atoms with Crippen LogP contribution in [0, 0.1) is 5.92 Å². The highest BCUT2D eigenvalue weighted by molar-refractivity contribution is 7.14. The van der Waals surface area contributed by atoms with Gasteiger partial charge in [0.2, 0.25) is 5.91 Å². The monoisotopic (exact) mass is 319 g/mol. The first-order chi connectivity index (χ1) is 10.5. The Bertz CT molecular complexity index is 575. The van der Waals surface area contributed by atoms with Gasteiger partial charge in [-0.05, 0) is 31.4 Å². The predicted octanol–water partition coefficient (Wildman–Crippen LogP) is 3.81. The topological polar surface area (TPSA) is 46.9 Å². The van der Waals surface area contributed by atoms with Gasteiger partial charge in [-0.1, -0.05) is 26.7 Å². The third-order valence-corrected chi connectivity index (χ3v) is 4.54. The molecule has 0 aromatic carbocycles. The predicted molar refractivity (Wildman–Crippen MR) is 91.4 cm³/mol. The number of amides is 1. The molecule has 0 radical (unpaired) electrons. The first-order valence-corrected chi connectivity index (χ1v) is 8.73. The molecule has 4 nitrogen and oxygen atoms in total. The van der Waals surface area contributed by atoms with Crippen LogP contribution in [-0.2, 0) is 11.2 Å². The molecule has 2 rings (SSSR count). The van der Waals surface area contributed by atoms with Crippen LogP contribution in [-0.4, -0.2) is 21.5 Å². The van der Waals surface area contributed by atoms with Gasteiger partial charge in [-0.2, -0.15) is 0 Å². The zero-order chi connectivity index (χ0) is 15.9. The van der Waals surface area contributed by atoms with Crippen LogP contribution in [0.5, 0.6) is 0 Å². The Kier molecular flexibility index (Phi) is 6.19. The molecule has 2 aromatic rings. The summed E-state index contributed by atoms with van der Waals surface area (Å²) in [5, 5.41) is 3.98. The maximum atomic E-state index is 12.1. The maximum Gasteiger partial charge on any atom is 0.225 e. The number of carbonyl (C=O) groups excluding carboxylic acids is 1. The first kappa shape index (κ1) is 16.7. The molecule has 0 unspecified atom stereocenters. The molecule has 2 heterocycles. The van der Waals surface area contributed by atoms with Gasteiger partial charge in [0.25, 0.3) is 0 Å². The number of thiazole rings is 1. The van der Waals surface area contributed by atoms with E-state index in [2.05, 4.69) is 31.1 Å². The van der Waals surface area contributed by atoms with Gasteiger partial charge in [0.1, 0.15) is 0 Å². The van der Waals surface area contributed by atoms with Crippen molar-refractivity contribution in [2.24, 2.45) is 5.92 Å². The molecule has 0 saturated heterocycles. The Labute approximate surface area is 136 Å². The fourth-order valence-corrected chi connectivity index (χ4v) is 3.22. The molecule has 1 N–H and O–H groups in total. The van der Waals surface area contributed by atoms with Crippen molar-refractivity contribution in [2.75, 3.05) is 0 Å². The summed E-state index contributed by atoms with van der Waals surface area (Å²) in [7, 11) is 0. The molecule has 1 atom stereocenters. The van der Waals surface area contributed by atoms with Gasteiger partial charge in [-0.25, -0.2) is 4.98 Å². The second kappa shape index (κ2) is 8.13. The molecule has 22 heavy (non-hydrogen) atoms. The SMILES string of the molecule is CC(C)CCC[C@@H](C)NC(=O)Cc1cnc(-n2cccc2)s1. The average molecular weight is 319 g/mol. The second-order valence-corrected chi connectivity index (χ2v) is 7.26. The summed E-state index contributed by atoms with van der Waals surface area (Å²) in [6, 6.07) is 4.17. The number of hydrogen-bond donors (Lipinski definition) is 1. The van der Waals surface area contributed by atoms with Crippen LogP contribution < -0.4 is 5.32 Å². The van der Waals surface area contributed by atoms with E-state index in [1.54, 1.807) is 17.5 Å². The Hall–Kier alpha value is -1.62. The smallest absolute Gasteiger partial charge is 0.225 e. The van der Waals surface area contributed by atoms with Gasteiger partial charge < -0.3 is 9.88 Å². The Morgan fingerprint density at radius 1 is 1.27 bits per heavy atom. The number of carbonyl (C=O) groups is 1. The average Bonchev–Trinajstić information content (AvgIpc) is 3.07. The quantitative estimate of drug-likeness (QED) is 0.804. The number of hydrogen-bond acceptors (Lipinski definition) is 3. The van der Waals surface area contributed by atoms with Crippen LogP contribution in [0.3, 0.4) is 0 Å². The molecule has 0 aliphatic rings. The highest BCUT2D eigenvalue weighted by atomic mass is 32.1. The van der Waals surface area contributed by atoms with E-state index in [-0.39, 0.29) is 11.9 Å². The zero-order valence-corrected chi connectivity index (χ0v) is 14.4. The fraction of sp³-hybridized carbons (Fsp3) is 0.529. The first-order valence-electron chi connectivity index (χ1n) is 7.92. The summed E-state index contributed by atoms with van der Waals surface area (Å²) in [6.45, 7) is 6.54. The van der Waals surface area contributed by atoms with E-state index < -0.39 is 0 Å². The molecule has 0 spiro atoms. The minimum atomic E-state index is 0.0831. The molecule has 0 aliphatic heterocycles. The van der Waals surface area contributed by atoms with Gasteiger partial charge in [-0.15, -0.1) is 11.3 Å². The lowest BCUT2D eigenvalue weighted by Gasteiger charge is -2.14. The lowest BCUT2D eigenvalue weighted by Crippen LogP contribution is -2.33. The van der Waals surface area contributed by atoms with Crippen molar-refractivity contribution in [2.45, 2.75) is 52.5 Å². The van der Waals surface area contributed by atoms with E-state index in [1.165, 1.54) is 6.42 Å². The zero-order valence-electron chi connectivity index (χ0n) is 13.6. The van der Waals surface area contributed by atoms with E-state index in [9.17, 15) is 4.79 Å². The standard InChI is InChI=1S/C17H25N3OS/c1-13(2)7-6-8-14(3)19-16(21)11-15-12-18-17(22-15)20-9-4-5-10-20/h4-5,9-10,12-14H,6-8,11H2,1-3H3,(H,19,21)/t14-/m1/s1. The van der Waals surface area contributed by atoms with Crippen molar-refractivity contribution >= 4 is 17.2 Å². The Balaban J connectivity index is 1.77. The largest absolute Gasteiger partial charge is 0.353 e. The Morgan fingerprint density at radius 2 is 2.00 bits per heavy atom. The number of nitrogens with zero attached hydrogens (tertiary/aromatic N) is 2. The summed E-state index contributed by atoms with van der Waals surface area (Å²) in [5.41, 5.74) is 0. The lowest BCUT2D eigenvalue weighted by atomic mass is 10.0. The second-order valence-electron chi connectivity index (χ2n) is 6.17. The minimum absolute atomic E-state index is 0.0831. The molecular formula is C17H25N3OS. The van der Waals surface area contributed by atoms with E-state index >= 15 is 0 Å². The van der Waals surface area contributed by atoms with E-state index in [4.69, 9.17) is 0 Å². The van der Waals surface area contributed by atoms with Crippen LogP contribution in [0.2, 0.25) is 0 Å². The minimum Gasteiger partial charge on any atom is -0.353 e. The third-order valence-electron chi connectivity index (χ3n) is 3.53. The molecule has 0 saturated carbocycles. The van der Waals surface area contributed by atoms with Crippen LogP contribution >= 0.6 is 11.3 Å². The number of nitrogens with one attached hydrogen (secondary N) is 1. The highest BCUT2D eigenvalue weighted by Gasteiger charge is 2.11. The van der Waals surface area contributed by atoms with E-state index in [0.29, 0.717) is 6.42 Å². The van der Waals surface area contributed by atoms with Gasteiger partial charge in [0.15, 0.2) is 5.13 Å². The van der Waals surface area contributed by atoms with E-state index in [1.807, 2.05) is 29.1 Å². The summed E-state index contributed by atoms with van der Waals surface area (Å²) in [5.74, 6) is 0.812. The van der Waals surface area contributed by atoms with Crippen LogP contribution in [0.25, 0.3) is 5.13 Å². The van der Waals surface area contributed by atoms with Crippen LogP contribution in [0.15, 0.2) is 30.7 Å². The molecule has 5 heteroatoms. The third kappa shape index (κ3) is 5.30. The van der Waals surface area contributed by atoms with Gasteiger partial charge >= 0.3 is 0 Å². The van der Waals surface area contributed by atoms with Crippen LogP contribution in [0.1, 0.15) is 44.9 Å². The van der Waals surface area contributed by atoms with Crippen molar-refractivity contribution in [3.8, 4) is 5.13 Å². The maximum absolute atomic E-state index is 12.1. The van der Waals surface area contributed by atoms with Crippen LogP contribution in [0.4, 0.5) is 0 Å². The molecular weight excluding hydrogens is 294 g/mol. The summed E-state index contributed by atoms with van der Waals surface area (Å²) in [4.78, 5) is 17.4. The van der Waals surface area contributed by atoms with Crippen molar-refractivity contribution in [1.29, 1.82) is 0 Å². The summed E-state index contributed by atoms with van der Waals surface area (Å²) >= 11 is 1.56. The summed E-state index contributed by atoms with van der Waals surface area (Å²) < 4.78 is 1.96. The molecule has 0 aliphatic carbocycles. The molecule has 120 valence electrons. The fourth-order valence-electron chi connectivity index (χ4n) is 2.35. The van der Waals surface area contributed by atoms with Gasteiger partial charge in [0, 0.05) is 29.5 Å². The normalized spacial score (nSPS) is 12.5. The van der Waals surface area contributed by atoms with E-state index in [0.717, 1.165) is 28.8 Å². The molecule has 0 bridgehead atoms. The lowest BCUT2D eigenvalue weighted by molar-refractivity contribution is -0.121. The van der Waals surface area contributed by atoms with Crippen molar-refractivity contribution in [3.63, 3.8) is 0 Å². The van der Waals surface area contributed by atoms with Crippen molar-refractivity contribution in [1.82, 2.24) is 14.9 Å². The summed E-state index contributed by atoms with van der Waals surface area (Å²) in [6.07, 6.45) is 9.55. The highest BCUT2D eigenvalue weighted by Crippen LogP contribution is 2.18. The number of rotatable bonds is 8. The number of aromatic nitrogens is 2.